The third-order valence-electron chi connectivity index (χ3n) is 3.83. The Kier molecular flexibility index (Phi) is 4.21. The maximum absolute atomic E-state index is 11.8. The number of halogens is 1. The molecule has 0 unspecified atom stereocenters. The maximum Gasteiger partial charge on any atom is 0.336 e. The van der Waals surface area contributed by atoms with Crippen LogP contribution >= 0.6 is 23.4 Å². The number of thioether (sulfide) groups is 1. The zero-order valence-electron chi connectivity index (χ0n) is 13.5. The van der Waals surface area contributed by atoms with Gasteiger partial charge >= 0.3 is 5.63 Å². The van der Waals surface area contributed by atoms with E-state index >= 15 is 0 Å². The summed E-state index contributed by atoms with van der Waals surface area (Å²) in [5.74, 6) is 1.55. The quantitative estimate of drug-likeness (QED) is 0.418. The Morgan fingerprint density at radius 2 is 2.15 bits per heavy atom. The van der Waals surface area contributed by atoms with Crippen LogP contribution in [0.1, 0.15) is 5.56 Å². The minimum absolute atomic E-state index is 0.136. The van der Waals surface area contributed by atoms with Crippen molar-refractivity contribution in [3.63, 3.8) is 0 Å². The maximum atomic E-state index is 11.8. The zero-order valence-corrected chi connectivity index (χ0v) is 15.0. The van der Waals surface area contributed by atoms with Gasteiger partial charge in [-0.2, -0.15) is 0 Å². The lowest BCUT2D eigenvalue weighted by Gasteiger charge is -2.07. The summed E-state index contributed by atoms with van der Waals surface area (Å²) in [6.07, 6.45) is 1.57. The molecule has 0 aliphatic heterocycles. The van der Waals surface area contributed by atoms with Crippen LogP contribution in [0.15, 0.2) is 55.4 Å². The second-order valence-electron chi connectivity index (χ2n) is 5.52. The lowest BCUT2D eigenvalue weighted by molar-refractivity contribution is 0.473. The van der Waals surface area contributed by atoms with Crippen LogP contribution < -0.4 is 5.63 Å². The van der Waals surface area contributed by atoms with Crippen LogP contribution in [0.2, 0.25) is 5.02 Å². The van der Waals surface area contributed by atoms with E-state index in [4.69, 9.17) is 20.4 Å². The third-order valence-corrected chi connectivity index (χ3v) is 5.20. The number of hydrogen-bond donors (Lipinski definition) is 1. The molecule has 0 spiro atoms. The van der Waals surface area contributed by atoms with Crippen molar-refractivity contribution in [1.82, 2.24) is 14.8 Å². The van der Waals surface area contributed by atoms with E-state index in [0.717, 1.165) is 5.56 Å². The number of phenols is 1. The number of nitrogens with zero attached hydrogens (tertiary/aromatic N) is 3. The Bertz CT molecular complexity index is 1150. The highest BCUT2D eigenvalue weighted by Crippen LogP contribution is 2.32. The summed E-state index contributed by atoms with van der Waals surface area (Å²) in [6, 6.07) is 7.92. The van der Waals surface area contributed by atoms with Crippen LogP contribution in [0.25, 0.3) is 22.6 Å². The molecule has 3 aromatic heterocycles. The summed E-state index contributed by atoms with van der Waals surface area (Å²) in [6.45, 7) is 0. The fourth-order valence-electron chi connectivity index (χ4n) is 2.56. The van der Waals surface area contributed by atoms with Crippen LogP contribution in [0.4, 0.5) is 0 Å². The summed E-state index contributed by atoms with van der Waals surface area (Å²) in [5.41, 5.74) is 0.513. The molecule has 0 saturated carbocycles. The van der Waals surface area contributed by atoms with Gasteiger partial charge in [0.2, 0.25) is 0 Å². The van der Waals surface area contributed by atoms with Crippen molar-refractivity contribution in [2.24, 2.45) is 7.05 Å². The zero-order chi connectivity index (χ0) is 18.3. The van der Waals surface area contributed by atoms with Crippen molar-refractivity contribution in [2.75, 3.05) is 0 Å². The molecule has 0 saturated heterocycles. The van der Waals surface area contributed by atoms with E-state index in [1.54, 1.807) is 18.4 Å². The first-order chi connectivity index (χ1) is 12.5. The number of fused-ring (bicyclic) bond motifs is 1. The minimum atomic E-state index is -0.496. The van der Waals surface area contributed by atoms with Gasteiger partial charge in [-0.3, -0.25) is 0 Å². The van der Waals surface area contributed by atoms with Gasteiger partial charge in [0.15, 0.2) is 16.7 Å². The largest absolute Gasteiger partial charge is 0.506 e. The molecule has 7 nitrogen and oxygen atoms in total. The number of aromatic nitrogens is 3. The molecule has 0 amide bonds. The SMILES string of the molecule is Cn1c(SCc2cc(=O)oc3cc(O)c(Cl)cc23)nnc1-c1ccco1. The molecule has 9 heteroatoms. The van der Waals surface area contributed by atoms with Crippen LogP contribution in [0, 0.1) is 0 Å². The Morgan fingerprint density at radius 1 is 1.31 bits per heavy atom. The number of aromatic hydroxyl groups is 1. The molecule has 26 heavy (non-hydrogen) atoms. The predicted molar refractivity (Wildman–Crippen MR) is 97.4 cm³/mol. The first kappa shape index (κ1) is 16.7. The average Bonchev–Trinajstić information content (AvgIpc) is 3.24. The van der Waals surface area contributed by atoms with Crippen molar-refractivity contribution >= 4 is 34.3 Å². The molecule has 0 radical (unpaired) electrons. The highest BCUT2D eigenvalue weighted by atomic mass is 35.5. The van der Waals surface area contributed by atoms with Crippen LogP contribution in [-0.4, -0.2) is 19.9 Å². The van der Waals surface area contributed by atoms with Gasteiger partial charge < -0.3 is 18.5 Å². The Balaban J connectivity index is 1.67. The highest BCUT2D eigenvalue weighted by Gasteiger charge is 2.15. The van der Waals surface area contributed by atoms with E-state index in [-0.39, 0.29) is 16.4 Å². The van der Waals surface area contributed by atoms with E-state index in [1.807, 2.05) is 17.7 Å². The van der Waals surface area contributed by atoms with Crippen LogP contribution in [-0.2, 0) is 12.8 Å². The number of hydrogen-bond acceptors (Lipinski definition) is 7. The van der Waals surface area contributed by atoms with Gasteiger partial charge in [0.1, 0.15) is 11.3 Å². The topological polar surface area (TPSA) is 94.3 Å². The Hall–Kier alpha value is -2.71. The second-order valence-corrected chi connectivity index (χ2v) is 6.87. The summed E-state index contributed by atoms with van der Waals surface area (Å²) in [7, 11) is 1.84. The van der Waals surface area contributed by atoms with Gasteiger partial charge in [-0.15, -0.1) is 10.2 Å². The van der Waals surface area contributed by atoms with E-state index < -0.39 is 5.63 Å². The van der Waals surface area contributed by atoms with Gasteiger partial charge in [0.05, 0.1) is 11.3 Å². The van der Waals surface area contributed by atoms with E-state index in [0.29, 0.717) is 27.9 Å². The minimum Gasteiger partial charge on any atom is -0.506 e. The first-order valence-electron chi connectivity index (χ1n) is 7.54. The van der Waals surface area contributed by atoms with Gasteiger partial charge in [-0.1, -0.05) is 23.4 Å². The molecule has 0 aliphatic carbocycles. The molecule has 4 rings (SSSR count). The van der Waals surface area contributed by atoms with Crippen molar-refractivity contribution in [1.29, 1.82) is 0 Å². The van der Waals surface area contributed by atoms with Gasteiger partial charge in [-0.25, -0.2) is 4.79 Å². The molecular weight excluding hydrogens is 378 g/mol. The van der Waals surface area contributed by atoms with Gasteiger partial charge in [0.25, 0.3) is 0 Å². The smallest absolute Gasteiger partial charge is 0.336 e. The number of benzene rings is 1. The first-order valence-corrected chi connectivity index (χ1v) is 8.90. The summed E-state index contributed by atoms with van der Waals surface area (Å²) in [5, 5.41) is 19.5. The normalized spacial score (nSPS) is 11.3. The number of rotatable bonds is 4. The Morgan fingerprint density at radius 3 is 2.92 bits per heavy atom. The van der Waals surface area contributed by atoms with E-state index in [2.05, 4.69) is 10.2 Å². The standard InChI is InChI=1S/C17H12ClN3O4S/c1-21-16(13-3-2-4-24-13)19-20-17(21)26-8-9-5-15(23)25-14-7-12(22)11(18)6-10(9)14/h2-7,22H,8H2,1H3. The predicted octanol–water partition coefficient (Wildman–Crippen LogP) is 3.83. The molecular formula is C17H12ClN3O4S. The van der Waals surface area contributed by atoms with Crippen LogP contribution in [0.3, 0.4) is 0 Å². The molecule has 1 aromatic carbocycles. The van der Waals surface area contributed by atoms with Gasteiger partial charge in [0, 0.05) is 30.3 Å². The van der Waals surface area contributed by atoms with E-state index in [1.165, 1.54) is 23.9 Å². The molecule has 0 atom stereocenters. The monoisotopic (exact) mass is 389 g/mol. The number of phenolic OH excluding ortho intramolecular Hbond substituents is 1. The summed E-state index contributed by atoms with van der Waals surface area (Å²) in [4.78, 5) is 11.8. The highest BCUT2D eigenvalue weighted by molar-refractivity contribution is 7.98. The number of furan rings is 1. The Labute approximate surface area is 156 Å². The van der Waals surface area contributed by atoms with Crippen molar-refractivity contribution in [3.8, 4) is 17.3 Å². The molecule has 3 heterocycles. The fourth-order valence-corrected chi connectivity index (χ4v) is 3.62. The molecule has 0 fully saturated rings. The third kappa shape index (κ3) is 2.97. The summed E-state index contributed by atoms with van der Waals surface area (Å²) >= 11 is 7.40. The molecule has 0 aliphatic rings. The van der Waals surface area contributed by atoms with E-state index in [9.17, 15) is 9.90 Å². The van der Waals surface area contributed by atoms with Gasteiger partial charge in [-0.05, 0) is 23.8 Å². The average molecular weight is 390 g/mol. The second kappa shape index (κ2) is 6.54. The fraction of sp³-hybridized carbons (Fsp3) is 0.118. The summed E-state index contributed by atoms with van der Waals surface area (Å²) < 4.78 is 12.3. The molecule has 1 N–H and O–H groups in total. The lowest BCUT2D eigenvalue weighted by Crippen LogP contribution is -2.00. The van der Waals surface area contributed by atoms with Crippen molar-refractivity contribution < 1.29 is 13.9 Å². The van der Waals surface area contributed by atoms with Crippen LogP contribution in [0.5, 0.6) is 5.75 Å². The molecule has 132 valence electrons. The molecule has 0 bridgehead atoms. The molecule has 4 aromatic rings. The van der Waals surface area contributed by atoms with Crippen molar-refractivity contribution in [3.05, 3.63) is 57.6 Å². The lowest BCUT2D eigenvalue weighted by atomic mass is 10.1. The van der Waals surface area contributed by atoms with Crippen molar-refractivity contribution in [2.45, 2.75) is 10.9 Å².